The number of alkyl halides is 3. The van der Waals surface area contributed by atoms with E-state index in [0.717, 1.165) is 32.6 Å². The molecular formula is C13H21F3N2OS. The fourth-order valence-corrected chi connectivity index (χ4v) is 3.61. The number of hydrogen-bond acceptors (Lipinski definition) is 4. The number of aliphatic imine (C=N–C) groups is 1. The van der Waals surface area contributed by atoms with Gasteiger partial charge in [-0.3, -0.25) is 0 Å². The summed E-state index contributed by atoms with van der Waals surface area (Å²) in [5, 5.41) is 12.9. The number of aliphatic hydroxyl groups excluding tert-OH is 1. The van der Waals surface area contributed by atoms with Crippen molar-refractivity contribution in [1.82, 2.24) is 5.32 Å². The summed E-state index contributed by atoms with van der Waals surface area (Å²) in [6.45, 7) is 0.999. The Balaban J connectivity index is 1.95. The van der Waals surface area contributed by atoms with Gasteiger partial charge in [0.2, 0.25) is 0 Å². The van der Waals surface area contributed by atoms with Crippen molar-refractivity contribution in [3.8, 4) is 0 Å². The molecule has 2 aliphatic rings. The number of nitrogens with one attached hydrogen (secondary N) is 1. The molecule has 0 radical (unpaired) electrons. The van der Waals surface area contributed by atoms with Crippen LogP contribution in [-0.2, 0) is 0 Å². The number of aliphatic hydroxyl groups is 1. The first kappa shape index (κ1) is 15.9. The molecule has 0 aromatic rings. The van der Waals surface area contributed by atoms with Crippen LogP contribution in [0.1, 0.15) is 51.9 Å². The molecule has 2 atom stereocenters. The molecule has 1 fully saturated rings. The summed E-state index contributed by atoms with van der Waals surface area (Å²) in [5.74, 6) is 0. The Labute approximate surface area is 121 Å². The maximum Gasteiger partial charge on any atom is 0.407 e. The molecule has 0 aromatic carbocycles. The highest BCUT2D eigenvalue weighted by Crippen LogP contribution is 2.48. The maximum absolute atomic E-state index is 13.0. The smallest absolute Gasteiger partial charge is 0.370 e. The van der Waals surface area contributed by atoms with Crippen molar-refractivity contribution in [2.75, 3.05) is 0 Å². The lowest BCUT2D eigenvalue weighted by atomic mass is 9.97. The highest BCUT2D eigenvalue weighted by molar-refractivity contribution is 8.15. The summed E-state index contributed by atoms with van der Waals surface area (Å²) < 4.78 is 36.7. The predicted octanol–water partition coefficient (Wildman–Crippen LogP) is 3.43. The van der Waals surface area contributed by atoms with Crippen LogP contribution < -0.4 is 5.32 Å². The van der Waals surface area contributed by atoms with E-state index in [1.54, 1.807) is 0 Å². The van der Waals surface area contributed by atoms with Crippen molar-refractivity contribution in [3.05, 3.63) is 0 Å². The van der Waals surface area contributed by atoms with Crippen molar-refractivity contribution in [1.29, 1.82) is 0 Å². The van der Waals surface area contributed by atoms with Gasteiger partial charge in [0.05, 0.1) is 0 Å². The summed E-state index contributed by atoms with van der Waals surface area (Å²) in [5.41, 5.74) is 0. The lowest BCUT2D eigenvalue weighted by molar-refractivity contribution is -0.175. The summed E-state index contributed by atoms with van der Waals surface area (Å²) in [4.78, 5) is 3.76. The van der Waals surface area contributed by atoms with Gasteiger partial charge in [0.15, 0.2) is 16.1 Å². The Kier molecular flexibility index (Phi) is 4.89. The van der Waals surface area contributed by atoms with Gasteiger partial charge in [-0.15, -0.1) is 0 Å². The van der Waals surface area contributed by atoms with E-state index in [9.17, 15) is 18.3 Å². The van der Waals surface area contributed by atoms with Crippen LogP contribution in [0.2, 0.25) is 0 Å². The first-order chi connectivity index (χ1) is 9.33. The Morgan fingerprint density at radius 3 is 2.25 bits per heavy atom. The first-order valence-electron chi connectivity index (χ1n) is 7.11. The number of hydrogen-bond donors (Lipinski definition) is 2. The second-order valence-electron chi connectivity index (χ2n) is 5.70. The summed E-state index contributed by atoms with van der Waals surface area (Å²) in [7, 11) is 0. The van der Waals surface area contributed by atoms with E-state index in [-0.39, 0.29) is 11.2 Å². The number of rotatable bonds is 1. The normalized spacial score (nSPS) is 33.5. The van der Waals surface area contributed by atoms with E-state index < -0.39 is 17.2 Å². The van der Waals surface area contributed by atoms with Crippen LogP contribution in [0.25, 0.3) is 0 Å². The third-order valence-electron chi connectivity index (χ3n) is 4.04. The minimum atomic E-state index is -4.48. The second kappa shape index (κ2) is 6.13. The third kappa shape index (κ3) is 3.42. The Bertz CT molecular complexity index is 367. The zero-order chi connectivity index (χ0) is 14.8. The van der Waals surface area contributed by atoms with Crippen LogP contribution in [0.3, 0.4) is 0 Å². The highest BCUT2D eigenvalue weighted by Gasteiger charge is 2.60. The monoisotopic (exact) mass is 310 g/mol. The van der Waals surface area contributed by atoms with Gasteiger partial charge in [0.1, 0.15) is 0 Å². The third-order valence-corrected chi connectivity index (χ3v) is 5.32. The zero-order valence-corrected chi connectivity index (χ0v) is 12.4. The molecule has 1 saturated carbocycles. The van der Waals surface area contributed by atoms with Crippen LogP contribution in [0.5, 0.6) is 0 Å². The van der Waals surface area contributed by atoms with Crippen LogP contribution in [-0.4, -0.2) is 33.5 Å². The molecule has 2 N–H and O–H groups in total. The minimum absolute atomic E-state index is 0.171. The van der Waals surface area contributed by atoms with E-state index in [4.69, 9.17) is 0 Å². The van der Waals surface area contributed by atoms with Gasteiger partial charge < -0.3 is 10.4 Å². The van der Waals surface area contributed by atoms with Gasteiger partial charge in [-0.1, -0.05) is 43.9 Å². The van der Waals surface area contributed by atoms with Crippen molar-refractivity contribution in [2.45, 2.75) is 75.1 Å². The van der Waals surface area contributed by atoms with E-state index in [0.29, 0.717) is 11.8 Å². The topological polar surface area (TPSA) is 44.6 Å². The summed E-state index contributed by atoms with van der Waals surface area (Å²) in [6, 6.07) is 0.171. The second-order valence-corrected chi connectivity index (χ2v) is 7.14. The van der Waals surface area contributed by atoms with Crippen molar-refractivity contribution < 1.29 is 18.3 Å². The van der Waals surface area contributed by atoms with Crippen molar-refractivity contribution in [2.24, 2.45) is 4.99 Å². The Morgan fingerprint density at radius 1 is 1.20 bits per heavy atom. The largest absolute Gasteiger partial charge is 0.407 e. The molecule has 20 heavy (non-hydrogen) atoms. The number of nitrogens with zero attached hydrogens (tertiary/aromatic N) is 1. The lowest BCUT2D eigenvalue weighted by Gasteiger charge is -2.28. The molecule has 0 amide bonds. The molecular weight excluding hydrogens is 289 g/mol. The molecule has 3 nitrogen and oxygen atoms in total. The van der Waals surface area contributed by atoms with E-state index in [1.807, 2.05) is 0 Å². The van der Waals surface area contributed by atoms with Gasteiger partial charge in [-0.05, 0) is 19.8 Å². The van der Waals surface area contributed by atoms with Crippen LogP contribution >= 0.6 is 11.8 Å². The molecule has 2 unspecified atom stereocenters. The van der Waals surface area contributed by atoms with E-state index >= 15 is 0 Å². The zero-order valence-electron chi connectivity index (χ0n) is 11.5. The average molecular weight is 310 g/mol. The van der Waals surface area contributed by atoms with Crippen LogP contribution in [0, 0.1) is 0 Å². The van der Waals surface area contributed by atoms with E-state index in [1.165, 1.54) is 19.3 Å². The Morgan fingerprint density at radius 2 is 1.75 bits per heavy atom. The van der Waals surface area contributed by atoms with Crippen molar-refractivity contribution in [3.63, 3.8) is 0 Å². The van der Waals surface area contributed by atoms with Gasteiger partial charge in [0.25, 0.3) is 0 Å². The predicted molar refractivity (Wildman–Crippen MR) is 74.7 cm³/mol. The molecule has 1 heterocycles. The standard InChI is InChI=1S/C13H21F3N2OS/c1-12(13(14,15)16)10(19)18-11(20-12)17-9-7-5-3-2-4-6-8-9/h9-10,19H,2-8H2,1H3,(H,17,18). The first-order valence-corrected chi connectivity index (χ1v) is 7.93. The fourth-order valence-electron chi connectivity index (χ4n) is 2.56. The molecule has 2 rings (SSSR count). The van der Waals surface area contributed by atoms with Gasteiger partial charge in [-0.25, -0.2) is 4.99 Å². The SMILES string of the molecule is CC1(C(F)(F)F)SC(NC2CCCCCCC2)=NC1O. The average Bonchev–Trinajstić information content (AvgIpc) is 2.58. The number of halogens is 3. The number of amidine groups is 1. The lowest BCUT2D eigenvalue weighted by Crippen LogP contribution is -2.46. The van der Waals surface area contributed by atoms with E-state index in [2.05, 4.69) is 10.3 Å². The molecule has 0 aromatic heterocycles. The molecule has 0 spiro atoms. The summed E-state index contributed by atoms with van der Waals surface area (Å²) >= 11 is 0.598. The highest BCUT2D eigenvalue weighted by atomic mass is 32.2. The van der Waals surface area contributed by atoms with Gasteiger partial charge in [-0.2, -0.15) is 13.2 Å². The van der Waals surface area contributed by atoms with Crippen LogP contribution in [0.4, 0.5) is 13.2 Å². The molecule has 1 aliphatic carbocycles. The Hall–Kier alpha value is -0.430. The minimum Gasteiger partial charge on any atom is -0.370 e. The van der Waals surface area contributed by atoms with Crippen molar-refractivity contribution >= 4 is 16.9 Å². The maximum atomic E-state index is 13.0. The number of thioether (sulfide) groups is 1. The molecule has 7 heteroatoms. The molecule has 116 valence electrons. The van der Waals surface area contributed by atoms with Crippen LogP contribution in [0.15, 0.2) is 4.99 Å². The van der Waals surface area contributed by atoms with Gasteiger partial charge >= 0.3 is 6.18 Å². The quantitative estimate of drug-likeness (QED) is 0.780. The van der Waals surface area contributed by atoms with Gasteiger partial charge in [0, 0.05) is 6.04 Å². The molecule has 0 saturated heterocycles. The summed E-state index contributed by atoms with van der Waals surface area (Å²) in [6.07, 6.45) is 1.49. The molecule has 1 aliphatic heterocycles. The molecule has 0 bridgehead atoms. The fraction of sp³-hybridized carbons (Fsp3) is 0.923.